The van der Waals surface area contributed by atoms with E-state index in [2.05, 4.69) is 20.8 Å². The smallest absolute Gasteiger partial charge is 0.166 e. The molecule has 0 radical (unpaired) electrons. The second-order valence-corrected chi connectivity index (χ2v) is 8.21. The summed E-state index contributed by atoms with van der Waals surface area (Å²) in [5.74, 6) is -0.370. The van der Waals surface area contributed by atoms with Crippen molar-refractivity contribution < 1.29 is 9.59 Å². The Balaban J connectivity index is 2.29. The average molecular weight is 353 g/mol. The van der Waals surface area contributed by atoms with Gasteiger partial charge in [-0.15, -0.1) is 0 Å². The molecule has 1 aromatic carbocycles. The van der Waals surface area contributed by atoms with Gasteiger partial charge in [0.05, 0.1) is 15.6 Å². The molecule has 4 heteroatoms. The number of hydrogen-bond acceptors (Lipinski definition) is 2. The van der Waals surface area contributed by atoms with Crippen LogP contribution in [0.25, 0.3) is 0 Å². The highest BCUT2D eigenvalue weighted by Gasteiger charge is 2.33. The highest BCUT2D eigenvalue weighted by Crippen LogP contribution is 2.40. The van der Waals surface area contributed by atoms with Crippen molar-refractivity contribution in [2.45, 2.75) is 52.9 Å². The molecule has 1 aliphatic carbocycles. The van der Waals surface area contributed by atoms with Gasteiger partial charge in [-0.1, -0.05) is 56.1 Å². The van der Waals surface area contributed by atoms with Gasteiger partial charge in [-0.3, -0.25) is 9.59 Å². The van der Waals surface area contributed by atoms with Crippen molar-refractivity contribution >= 4 is 34.8 Å². The summed E-state index contributed by atoms with van der Waals surface area (Å²) in [6, 6.07) is 3.62. The molecule has 0 amide bonds. The molecule has 0 aliphatic heterocycles. The second kappa shape index (κ2) is 6.78. The lowest BCUT2D eigenvalue weighted by atomic mass is 9.77. The molecule has 2 nitrogen and oxygen atoms in total. The van der Waals surface area contributed by atoms with E-state index in [0.29, 0.717) is 34.9 Å². The van der Waals surface area contributed by atoms with Gasteiger partial charge in [-0.2, -0.15) is 0 Å². The van der Waals surface area contributed by atoms with Crippen LogP contribution in [0.4, 0.5) is 0 Å². The zero-order valence-corrected chi connectivity index (χ0v) is 15.5. The van der Waals surface area contributed by atoms with Crippen LogP contribution in [-0.2, 0) is 9.59 Å². The standard InChI is InChI=1S/C19H22Cl2O2/c1-11-5-6-14(20)18(21)17(11)12-9-15(22)13(16(23)10-12)7-8-19(2,3)4/h5-7,12H,8-10H2,1-4H3. The van der Waals surface area contributed by atoms with E-state index in [0.717, 1.165) is 11.1 Å². The van der Waals surface area contributed by atoms with E-state index in [1.807, 2.05) is 13.0 Å². The van der Waals surface area contributed by atoms with Gasteiger partial charge in [0.25, 0.3) is 0 Å². The lowest BCUT2D eigenvalue weighted by Gasteiger charge is -2.25. The molecule has 0 saturated heterocycles. The number of allylic oxidation sites excluding steroid dienone is 2. The number of hydrogen-bond donors (Lipinski definition) is 0. The summed E-state index contributed by atoms with van der Waals surface area (Å²) >= 11 is 12.4. The van der Waals surface area contributed by atoms with Crippen molar-refractivity contribution in [2.24, 2.45) is 5.41 Å². The topological polar surface area (TPSA) is 34.1 Å². The number of rotatable bonds is 2. The minimum atomic E-state index is -0.187. The second-order valence-electron chi connectivity index (χ2n) is 7.43. The first-order valence-corrected chi connectivity index (χ1v) is 8.57. The number of aryl methyl sites for hydroxylation is 1. The fraction of sp³-hybridized carbons (Fsp3) is 0.474. The molecule has 0 atom stereocenters. The van der Waals surface area contributed by atoms with Gasteiger partial charge in [0.2, 0.25) is 0 Å². The monoisotopic (exact) mass is 352 g/mol. The van der Waals surface area contributed by atoms with E-state index >= 15 is 0 Å². The zero-order chi connectivity index (χ0) is 17.4. The van der Waals surface area contributed by atoms with Gasteiger partial charge >= 0.3 is 0 Å². The quantitative estimate of drug-likeness (QED) is 0.506. The van der Waals surface area contributed by atoms with Crippen molar-refractivity contribution in [1.29, 1.82) is 0 Å². The van der Waals surface area contributed by atoms with Crippen LogP contribution in [0.2, 0.25) is 10.0 Å². The van der Waals surface area contributed by atoms with Crippen LogP contribution in [0.15, 0.2) is 23.8 Å². The maximum atomic E-state index is 12.4. The van der Waals surface area contributed by atoms with Gasteiger partial charge < -0.3 is 0 Å². The van der Waals surface area contributed by atoms with Crippen LogP contribution in [0.1, 0.15) is 57.1 Å². The van der Waals surface area contributed by atoms with Crippen LogP contribution in [0.3, 0.4) is 0 Å². The molecule has 1 aliphatic rings. The number of benzene rings is 1. The molecule has 0 bridgehead atoms. The summed E-state index contributed by atoms with van der Waals surface area (Å²) in [6.45, 7) is 8.18. The molecule has 0 unspecified atom stereocenters. The SMILES string of the molecule is Cc1ccc(Cl)c(Cl)c1C1CC(=O)C(=CCC(C)(C)C)C(=O)C1. The van der Waals surface area contributed by atoms with Crippen molar-refractivity contribution in [3.05, 3.63) is 45.0 Å². The summed E-state index contributed by atoms with van der Waals surface area (Å²) < 4.78 is 0. The lowest BCUT2D eigenvalue weighted by Crippen LogP contribution is -2.25. The third kappa shape index (κ3) is 4.24. The van der Waals surface area contributed by atoms with Crippen molar-refractivity contribution in [3.8, 4) is 0 Å². The summed E-state index contributed by atoms with van der Waals surface area (Å²) in [7, 11) is 0. The summed E-state index contributed by atoms with van der Waals surface area (Å²) in [5.41, 5.74) is 2.20. The Kier molecular flexibility index (Phi) is 5.37. The fourth-order valence-corrected chi connectivity index (χ4v) is 3.43. The Morgan fingerprint density at radius 2 is 1.70 bits per heavy atom. The molecule has 124 valence electrons. The number of ketones is 2. The van der Waals surface area contributed by atoms with Crippen LogP contribution < -0.4 is 0 Å². The van der Waals surface area contributed by atoms with Crippen LogP contribution in [0, 0.1) is 12.3 Å². The molecule has 0 heterocycles. The van der Waals surface area contributed by atoms with E-state index in [9.17, 15) is 9.59 Å². The molecular weight excluding hydrogens is 331 g/mol. The number of halogens is 2. The Morgan fingerprint density at radius 1 is 1.13 bits per heavy atom. The highest BCUT2D eigenvalue weighted by atomic mass is 35.5. The van der Waals surface area contributed by atoms with Crippen molar-refractivity contribution in [3.63, 3.8) is 0 Å². The first-order valence-electron chi connectivity index (χ1n) is 7.81. The van der Waals surface area contributed by atoms with Gasteiger partial charge in [0.1, 0.15) is 0 Å². The molecule has 1 saturated carbocycles. The highest BCUT2D eigenvalue weighted by molar-refractivity contribution is 6.42. The van der Waals surface area contributed by atoms with E-state index in [1.54, 1.807) is 12.1 Å². The summed E-state index contributed by atoms with van der Waals surface area (Å²) in [5, 5.41) is 0.917. The summed E-state index contributed by atoms with van der Waals surface area (Å²) in [4.78, 5) is 24.9. The van der Waals surface area contributed by atoms with Gasteiger partial charge in [0, 0.05) is 18.8 Å². The largest absolute Gasteiger partial charge is 0.294 e. The molecule has 1 aromatic rings. The predicted octanol–water partition coefficient (Wildman–Crippen LogP) is 5.68. The van der Waals surface area contributed by atoms with E-state index in [-0.39, 0.29) is 22.9 Å². The van der Waals surface area contributed by atoms with Crippen molar-refractivity contribution in [1.82, 2.24) is 0 Å². The molecular formula is C19H22Cl2O2. The van der Waals surface area contributed by atoms with E-state index in [4.69, 9.17) is 23.2 Å². The zero-order valence-electron chi connectivity index (χ0n) is 14.0. The summed E-state index contributed by atoms with van der Waals surface area (Å²) in [6.07, 6.45) is 3.12. The van der Waals surface area contributed by atoms with Crippen LogP contribution >= 0.6 is 23.2 Å². The van der Waals surface area contributed by atoms with Crippen molar-refractivity contribution in [2.75, 3.05) is 0 Å². The molecule has 2 rings (SSSR count). The minimum Gasteiger partial charge on any atom is -0.294 e. The van der Waals surface area contributed by atoms with Crippen LogP contribution in [0.5, 0.6) is 0 Å². The Hall–Kier alpha value is -1.12. The fourth-order valence-electron chi connectivity index (χ4n) is 2.90. The van der Waals surface area contributed by atoms with E-state index < -0.39 is 0 Å². The van der Waals surface area contributed by atoms with Gasteiger partial charge in [-0.05, 0) is 36.0 Å². The Labute approximate surface area is 147 Å². The average Bonchev–Trinajstić information content (AvgIpc) is 2.41. The number of carbonyl (C=O) groups is 2. The Bertz CT molecular complexity index is 661. The lowest BCUT2D eigenvalue weighted by molar-refractivity contribution is -0.124. The number of Topliss-reactive ketones (excluding diaryl/α,β-unsaturated/α-hetero) is 2. The minimum absolute atomic E-state index is 0.0528. The first-order chi connectivity index (χ1) is 10.6. The molecule has 0 N–H and O–H groups in total. The third-order valence-corrected chi connectivity index (χ3v) is 4.96. The molecule has 1 fully saturated rings. The Morgan fingerprint density at radius 3 is 2.22 bits per heavy atom. The predicted molar refractivity (Wildman–Crippen MR) is 95.3 cm³/mol. The molecule has 0 aromatic heterocycles. The molecule has 23 heavy (non-hydrogen) atoms. The van der Waals surface area contributed by atoms with E-state index in [1.165, 1.54) is 0 Å². The number of carbonyl (C=O) groups excluding carboxylic acids is 2. The first kappa shape index (κ1) is 18.2. The van der Waals surface area contributed by atoms with Crippen LogP contribution in [-0.4, -0.2) is 11.6 Å². The maximum Gasteiger partial charge on any atom is 0.166 e. The molecule has 0 spiro atoms. The van der Waals surface area contributed by atoms with Gasteiger partial charge in [0.15, 0.2) is 11.6 Å². The third-order valence-electron chi connectivity index (χ3n) is 4.14. The normalized spacial score (nSPS) is 19.2. The van der Waals surface area contributed by atoms with Gasteiger partial charge in [-0.25, -0.2) is 0 Å². The maximum absolute atomic E-state index is 12.4.